The van der Waals surface area contributed by atoms with Crippen molar-refractivity contribution in [3.63, 3.8) is 0 Å². The fourth-order valence-corrected chi connectivity index (χ4v) is 8.19. The molecule has 2 amide bonds. The predicted molar refractivity (Wildman–Crippen MR) is 164 cm³/mol. The summed E-state index contributed by atoms with van der Waals surface area (Å²) in [7, 11) is 2.89. The van der Waals surface area contributed by atoms with Crippen LogP contribution in [0, 0.1) is 5.41 Å². The lowest BCUT2D eigenvalue weighted by Gasteiger charge is -2.55. The number of anilines is 1. The van der Waals surface area contributed by atoms with Gasteiger partial charge in [-0.1, -0.05) is 24.2 Å². The molecule has 3 N–H and O–H groups in total. The van der Waals surface area contributed by atoms with Crippen LogP contribution in [-0.4, -0.2) is 99.8 Å². The molecule has 1 aromatic carbocycles. The van der Waals surface area contributed by atoms with E-state index in [9.17, 15) is 14.4 Å². The van der Waals surface area contributed by atoms with Crippen LogP contribution in [-0.2, 0) is 30.6 Å². The number of carbonyl (C=O) groups excluding carboxylic acids is 3. The van der Waals surface area contributed by atoms with Gasteiger partial charge in [-0.2, -0.15) is 9.36 Å². The minimum Gasteiger partial charge on any atom is -0.497 e. The minimum atomic E-state index is -0.880. The lowest BCUT2D eigenvalue weighted by atomic mass is 9.72. The molecule has 6 heterocycles. The smallest absolute Gasteiger partial charge is 0.355 e. The summed E-state index contributed by atoms with van der Waals surface area (Å²) in [6, 6.07) is 6.40. The molecule has 4 saturated heterocycles. The third-order valence-corrected chi connectivity index (χ3v) is 11.1. The van der Waals surface area contributed by atoms with Crippen molar-refractivity contribution in [1.82, 2.24) is 19.6 Å². The molecule has 2 aromatic rings. The largest absolute Gasteiger partial charge is 0.497 e. The number of nitrogens with zero attached hydrogens (tertiary/aromatic N) is 5. The van der Waals surface area contributed by atoms with Crippen LogP contribution in [0.25, 0.3) is 0 Å². The highest BCUT2D eigenvalue weighted by Gasteiger charge is 2.56. The number of hydrogen-bond acceptors (Lipinski definition) is 12. The van der Waals surface area contributed by atoms with Gasteiger partial charge >= 0.3 is 5.97 Å². The van der Waals surface area contributed by atoms with Crippen LogP contribution in [0.1, 0.15) is 37.6 Å². The molecule has 0 saturated carbocycles. The Balaban J connectivity index is 1.23. The topological polar surface area (TPSA) is 158 Å². The zero-order valence-electron chi connectivity index (χ0n) is 24.9. The molecular formula is C29H36N7O6S2+. The second kappa shape index (κ2) is 12.0. The zero-order valence-corrected chi connectivity index (χ0v) is 26.5. The average Bonchev–Trinajstić information content (AvgIpc) is 3.47. The molecule has 44 heavy (non-hydrogen) atoms. The van der Waals surface area contributed by atoms with Crippen molar-refractivity contribution in [2.75, 3.05) is 51.9 Å². The maximum Gasteiger partial charge on any atom is 0.355 e. The van der Waals surface area contributed by atoms with E-state index in [2.05, 4.69) is 26.8 Å². The van der Waals surface area contributed by atoms with Crippen molar-refractivity contribution < 1.29 is 33.2 Å². The van der Waals surface area contributed by atoms with Gasteiger partial charge in [0.1, 0.15) is 43.1 Å². The molecule has 234 valence electrons. The number of aromatic nitrogens is 2. The lowest BCUT2D eigenvalue weighted by molar-refractivity contribution is -0.941. The molecular weight excluding hydrogens is 606 g/mol. The monoisotopic (exact) mass is 642 g/mol. The molecule has 2 bridgehead atoms. The van der Waals surface area contributed by atoms with E-state index in [0.29, 0.717) is 29.2 Å². The molecule has 1 aromatic heterocycles. The Morgan fingerprint density at radius 2 is 1.89 bits per heavy atom. The number of nitrogens with two attached hydrogens (primary N) is 1. The van der Waals surface area contributed by atoms with E-state index in [1.165, 1.54) is 23.8 Å². The number of benzene rings is 1. The first-order valence-corrected chi connectivity index (χ1v) is 16.3. The number of nitrogen functional groups attached to an aromatic ring is 1. The summed E-state index contributed by atoms with van der Waals surface area (Å²) in [6.07, 6.45) is 3.48. The number of hydrogen-bond donors (Lipinski definition) is 2. The number of fused-ring (bicyclic) bond motifs is 4. The maximum atomic E-state index is 13.8. The predicted octanol–water partition coefficient (Wildman–Crippen LogP) is 1.90. The van der Waals surface area contributed by atoms with E-state index in [-0.39, 0.29) is 23.3 Å². The van der Waals surface area contributed by atoms with Gasteiger partial charge in [-0.25, -0.2) is 4.79 Å². The fraction of sp³-hybridized carbons (Fsp3) is 0.517. The van der Waals surface area contributed by atoms with Crippen LogP contribution in [0.5, 0.6) is 5.75 Å². The molecule has 4 fully saturated rings. The maximum absolute atomic E-state index is 13.8. The first-order chi connectivity index (χ1) is 21.1. The van der Waals surface area contributed by atoms with Crippen LogP contribution >= 0.6 is 23.3 Å². The Labute approximate surface area is 263 Å². The van der Waals surface area contributed by atoms with Crippen molar-refractivity contribution in [3.8, 4) is 5.75 Å². The molecule has 5 aliphatic heterocycles. The summed E-state index contributed by atoms with van der Waals surface area (Å²) >= 11 is 2.45. The van der Waals surface area contributed by atoms with Crippen molar-refractivity contribution in [2.45, 2.75) is 44.2 Å². The number of esters is 1. The Morgan fingerprint density at radius 3 is 2.50 bits per heavy atom. The first-order valence-electron chi connectivity index (χ1n) is 14.5. The number of carbonyl (C=O) groups is 3. The third-order valence-electron chi connectivity index (χ3n) is 9.20. The number of rotatable bonds is 10. The van der Waals surface area contributed by atoms with Gasteiger partial charge < -0.3 is 29.8 Å². The van der Waals surface area contributed by atoms with E-state index in [1.807, 2.05) is 12.1 Å². The van der Waals surface area contributed by atoms with E-state index >= 15 is 0 Å². The molecule has 2 atom stereocenters. The average molecular weight is 643 g/mol. The lowest BCUT2D eigenvalue weighted by Crippen LogP contribution is -2.71. The van der Waals surface area contributed by atoms with Crippen LogP contribution in [0.4, 0.5) is 5.13 Å². The molecule has 0 radical (unpaired) electrons. The normalized spacial score (nSPS) is 27.8. The molecule has 13 nitrogen and oxygen atoms in total. The summed E-state index contributed by atoms with van der Waals surface area (Å²) in [5, 5.41) is 6.19. The van der Waals surface area contributed by atoms with E-state index < -0.39 is 29.2 Å². The van der Waals surface area contributed by atoms with Gasteiger partial charge in [0.15, 0.2) is 5.13 Å². The Morgan fingerprint density at radius 1 is 1.18 bits per heavy atom. The van der Waals surface area contributed by atoms with Crippen LogP contribution in [0.3, 0.4) is 0 Å². The number of amides is 2. The second-order valence-electron chi connectivity index (χ2n) is 12.0. The van der Waals surface area contributed by atoms with E-state index in [1.54, 1.807) is 19.2 Å². The number of methoxy groups -OCH3 is 1. The quantitative estimate of drug-likeness (QED) is 0.129. The summed E-state index contributed by atoms with van der Waals surface area (Å²) in [4.78, 5) is 51.0. The first kappa shape index (κ1) is 30.3. The SMILES string of the molecule is CO/N=C(/C(=O)N[C@@H]1C(=O)N2C(C(=O)OCc3ccc(OC)cc3)=C(C[N+]34CCC(C)(CC3)CC4)CS[C@H]12)c1nsc(N)n1. The third kappa shape index (κ3) is 5.75. The van der Waals surface area contributed by atoms with Crippen molar-refractivity contribution in [3.05, 3.63) is 46.9 Å². The highest BCUT2D eigenvalue weighted by Crippen LogP contribution is 2.46. The standard InChI is InChI=1S/C29H35N7O6S2/c1-29-8-11-36(12-9-29,13-10-29)14-18-16-43-26-21(31-24(37)20(33-41-3)23-32-28(30)44-34-23)25(38)35(26)22(18)27(39)42-15-17-4-6-19(40-2)7-5-17/h4-7,21,26H,8-16H2,1-3H3,(H2-,30,31,32,34,37)/p+1/b33-20+/t21-,26-,29?,36?/m1/s1. The Hall–Kier alpha value is -3.69. The molecule has 0 aliphatic carbocycles. The molecule has 15 heteroatoms. The van der Waals surface area contributed by atoms with Gasteiger partial charge in [0.05, 0.1) is 26.7 Å². The zero-order chi connectivity index (χ0) is 31.1. The molecule has 0 spiro atoms. The number of thioether (sulfide) groups is 1. The van der Waals surface area contributed by atoms with Gasteiger partial charge in [0.25, 0.3) is 11.8 Å². The van der Waals surface area contributed by atoms with Gasteiger partial charge in [-0.15, -0.1) is 11.8 Å². The fourth-order valence-electron chi connectivity index (χ4n) is 6.42. The molecule has 0 unspecified atom stereocenters. The number of piperidine rings is 3. The summed E-state index contributed by atoms with van der Waals surface area (Å²) in [5.74, 6) is -0.349. The van der Waals surface area contributed by atoms with Crippen LogP contribution in [0.2, 0.25) is 0 Å². The molecule has 7 rings (SSSR count). The summed E-state index contributed by atoms with van der Waals surface area (Å²) in [6.45, 7) is 6.31. The van der Waals surface area contributed by atoms with Gasteiger partial charge in [-0.3, -0.25) is 14.5 Å². The number of ether oxygens (including phenoxy) is 2. The van der Waals surface area contributed by atoms with Crippen LogP contribution in [0.15, 0.2) is 40.7 Å². The summed E-state index contributed by atoms with van der Waals surface area (Å²) < 4.78 is 16.0. The molecule has 5 aliphatic rings. The van der Waals surface area contributed by atoms with Crippen LogP contribution < -0.4 is 15.8 Å². The number of oxime groups is 1. The second-order valence-corrected chi connectivity index (χ2v) is 13.9. The Kier molecular flexibility index (Phi) is 8.28. The van der Waals surface area contributed by atoms with E-state index in [0.717, 1.165) is 66.0 Å². The highest BCUT2D eigenvalue weighted by atomic mass is 32.2. The van der Waals surface area contributed by atoms with Gasteiger partial charge in [-0.05, 0) is 23.1 Å². The summed E-state index contributed by atoms with van der Waals surface area (Å²) in [5.41, 5.74) is 7.91. The van der Waals surface area contributed by atoms with Crippen molar-refractivity contribution in [2.24, 2.45) is 10.6 Å². The highest BCUT2D eigenvalue weighted by molar-refractivity contribution is 8.00. The van der Waals surface area contributed by atoms with E-state index in [4.69, 9.17) is 20.0 Å². The Bertz CT molecular complexity index is 1500. The minimum absolute atomic E-state index is 0.00448. The number of quaternary nitrogens is 1. The van der Waals surface area contributed by atoms with Gasteiger partial charge in [0, 0.05) is 42.1 Å². The van der Waals surface area contributed by atoms with Crippen molar-refractivity contribution >= 4 is 51.9 Å². The number of nitrogens with one attached hydrogen (secondary N) is 1. The van der Waals surface area contributed by atoms with Gasteiger partial charge in [0.2, 0.25) is 11.5 Å². The number of β-lactam (4-membered cyclic amide) rings is 1. The van der Waals surface area contributed by atoms with Crippen molar-refractivity contribution in [1.29, 1.82) is 0 Å².